The molecule has 2 aromatic rings. The van der Waals surface area contributed by atoms with E-state index in [-0.39, 0.29) is 12.5 Å². The summed E-state index contributed by atoms with van der Waals surface area (Å²) >= 11 is 0. The number of carbonyl (C=O) groups is 1. The predicted octanol–water partition coefficient (Wildman–Crippen LogP) is 5.14. The summed E-state index contributed by atoms with van der Waals surface area (Å²) in [5.74, 6) is 2.52. The van der Waals surface area contributed by atoms with Gasteiger partial charge in [-0.15, -0.1) is 0 Å². The molecule has 0 aromatic heterocycles. The van der Waals surface area contributed by atoms with Crippen molar-refractivity contribution in [1.82, 2.24) is 4.90 Å². The quantitative estimate of drug-likeness (QED) is 0.363. The number of primary amides is 1. The van der Waals surface area contributed by atoms with E-state index >= 15 is 0 Å². The van der Waals surface area contributed by atoms with Crippen LogP contribution in [-0.2, 0) is 6.42 Å². The van der Waals surface area contributed by atoms with Gasteiger partial charge in [0.2, 0.25) is 0 Å². The Hall–Kier alpha value is -2.93. The highest BCUT2D eigenvalue weighted by Gasteiger charge is 2.20. The van der Waals surface area contributed by atoms with E-state index in [0.29, 0.717) is 25.3 Å². The first-order chi connectivity index (χ1) is 16.7. The highest BCUT2D eigenvalue weighted by molar-refractivity contribution is 5.72. The van der Waals surface area contributed by atoms with Crippen molar-refractivity contribution in [2.24, 2.45) is 5.73 Å². The van der Waals surface area contributed by atoms with Gasteiger partial charge in [0, 0.05) is 19.2 Å². The van der Waals surface area contributed by atoms with Gasteiger partial charge in [-0.2, -0.15) is 0 Å². The van der Waals surface area contributed by atoms with Gasteiger partial charge < -0.3 is 30.0 Å². The normalized spacial score (nSPS) is 12.2. The molecule has 7 nitrogen and oxygen atoms in total. The fourth-order valence-electron chi connectivity index (χ4n) is 4.04. The zero-order chi connectivity index (χ0) is 25.8. The van der Waals surface area contributed by atoms with Crippen LogP contribution in [0, 0.1) is 0 Å². The fraction of sp³-hybridized carbons (Fsp3) is 0.536. The van der Waals surface area contributed by atoms with Crippen LogP contribution in [-0.4, -0.2) is 55.6 Å². The number of aliphatic hydroxyl groups is 1. The lowest BCUT2D eigenvalue weighted by atomic mass is 9.89. The molecule has 0 saturated heterocycles. The van der Waals surface area contributed by atoms with Gasteiger partial charge in [-0.3, -0.25) is 0 Å². The van der Waals surface area contributed by atoms with Gasteiger partial charge in [-0.1, -0.05) is 38.0 Å². The summed E-state index contributed by atoms with van der Waals surface area (Å²) in [6.07, 6.45) is 4.70. The molecule has 0 heterocycles. The van der Waals surface area contributed by atoms with E-state index < -0.39 is 11.6 Å². The third kappa shape index (κ3) is 8.98. The van der Waals surface area contributed by atoms with Crippen LogP contribution >= 0.6 is 0 Å². The molecule has 35 heavy (non-hydrogen) atoms. The number of nitrogens with zero attached hydrogens (tertiary/aromatic N) is 1. The summed E-state index contributed by atoms with van der Waals surface area (Å²) in [5.41, 5.74) is 7.32. The molecule has 1 unspecified atom stereocenters. The molecule has 2 rings (SSSR count). The monoisotopic (exact) mass is 486 g/mol. The van der Waals surface area contributed by atoms with Crippen molar-refractivity contribution in [1.29, 1.82) is 0 Å². The standard InChI is InChI=1S/C28H42N2O5/c1-6-7-8-22(25-14-13-24(33-4)19-26(25)34-5)16-18-30(27(29)32)17-15-21-9-11-23(12-10-21)35-28(2,3)20-31/h9-14,19,22,31H,6-8,15-18,20H2,1-5H3,(H2,29,32). The Kier molecular flexibility index (Phi) is 11.2. The summed E-state index contributed by atoms with van der Waals surface area (Å²) in [5, 5.41) is 9.38. The van der Waals surface area contributed by atoms with Gasteiger partial charge >= 0.3 is 6.03 Å². The Labute approximate surface area is 210 Å². The van der Waals surface area contributed by atoms with Gasteiger partial charge in [0.05, 0.1) is 20.8 Å². The van der Waals surface area contributed by atoms with E-state index in [0.717, 1.165) is 48.3 Å². The molecule has 0 radical (unpaired) electrons. The van der Waals surface area contributed by atoms with Crippen LogP contribution in [0.15, 0.2) is 42.5 Å². The molecule has 1 atom stereocenters. The number of ether oxygens (including phenoxy) is 3. The lowest BCUT2D eigenvalue weighted by Gasteiger charge is -2.26. The van der Waals surface area contributed by atoms with Crippen molar-refractivity contribution in [3.05, 3.63) is 53.6 Å². The number of hydrogen-bond donors (Lipinski definition) is 2. The maximum Gasteiger partial charge on any atom is 0.314 e. The zero-order valence-electron chi connectivity index (χ0n) is 21.9. The molecule has 0 spiro atoms. The number of amides is 2. The minimum atomic E-state index is -0.634. The number of rotatable bonds is 15. The number of methoxy groups -OCH3 is 2. The molecule has 2 amide bonds. The van der Waals surface area contributed by atoms with E-state index in [9.17, 15) is 9.90 Å². The second-order valence-corrected chi connectivity index (χ2v) is 9.47. The molecule has 0 fully saturated rings. The van der Waals surface area contributed by atoms with Gasteiger partial charge in [-0.25, -0.2) is 4.79 Å². The van der Waals surface area contributed by atoms with E-state index in [1.54, 1.807) is 19.1 Å². The molecule has 0 aliphatic heterocycles. The molecule has 0 aliphatic rings. The maximum atomic E-state index is 12.2. The number of benzene rings is 2. The zero-order valence-corrected chi connectivity index (χ0v) is 21.9. The molecule has 3 N–H and O–H groups in total. The van der Waals surface area contributed by atoms with Crippen molar-refractivity contribution in [3.8, 4) is 17.2 Å². The van der Waals surface area contributed by atoms with Crippen molar-refractivity contribution in [3.63, 3.8) is 0 Å². The molecular weight excluding hydrogens is 444 g/mol. The second kappa shape index (κ2) is 13.8. The fourth-order valence-corrected chi connectivity index (χ4v) is 4.04. The molecule has 0 bridgehead atoms. The molecule has 194 valence electrons. The average molecular weight is 487 g/mol. The van der Waals surface area contributed by atoms with E-state index in [2.05, 4.69) is 13.0 Å². The van der Waals surface area contributed by atoms with Crippen molar-refractivity contribution in [2.75, 3.05) is 33.9 Å². The number of urea groups is 1. The van der Waals surface area contributed by atoms with Crippen molar-refractivity contribution < 1.29 is 24.1 Å². The summed E-state index contributed by atoms with van der Waals surface area (Å²) in [7, 11) is 3.32. The van der Waals surface area contributed by atoms with Crippen molar-refractivity contribution in [2.45, 2.75) is 64.4 Å². The Morgan fingerprint density at radius 3 is 2.29 bits per heavy atom. The van der Waals surface area contributed by atoms with Crippen LogP contribution in [0.2, 0.25) is 0 Å². The van der Waals surface area contributed by atoms with Gasteiger partial charge in [0.1, 0.15) is 22.8 Å². The second-order valence-electron chi connectivity index (χ2n) is 9.47. The predicted molar refractivity (Wildman–Crippen MR) is 140 cm³/mol. The highest BCUT2D eigenvalue weighted by atomic mass is 16.5. The molecule has 7 heteroatoms. The third-order valence-corrected chi connectivity index (χ3v) is 6.21. The molecule has 2 aromatic carbocycles. The Morgan fingerprint density at radius 1 is 1.03 bits per heavy atom. The Bertz CT molecular complexity index is 914. The number of aliphatic hydroxyl groups excluding tert-OH is 1. The topological polar surface area (TPSA) is 94.2 Å². The Morgan fingerprint density at radius 2 is 1.71 bits per heavy atom. The van der Waals surface area contributed by atoms with Crippen LogP contribution in [0.3, 0.4) is 0 Å². The van der Waals surface area contributed by atoms with Crippen LogP contribution < -0.4 is 19.9 Å². The van der Waals surface area contributed by atoms with E-state index in [4.69, 9.17) is 19.9 Å². The number of hydrogen-bond acceptors (Lipinski definition) is 5. The average Bonchev–Trinajstić information content (AvgIpc) is 2.86. The van der Waals surface area contributed by atoms with Gasteiger partial charge in [0.25, 0.3) is 0 Å². The minimum absolute atomic E-state index is 0.0655. The summed E-state index contributed by atoms with van der Waals surface area (Å²) < 4.78 is 16.8. The first-order valence-electron chi connectivity index (χ1n) is 12.4. The third-order valence-electron chi connectivity index (χ3n) is 6.21. The largest absolute Gasteiger partial charge is 0.497 e. The molecule has 0 aliphatic carbocycles. The number of nitrogens with two attached hydrogens (primary N) is 1. The summed E-state index contributed by atoms with van der Waals surface area (Å²) in [6.45, 7) is 6.90. The van der Waals surface area contributed by atoms with Crippen molar-refractivity contribution >= 4 is 6.03 Å². The molecule has 0 saturated carbocycles. The maximum absolute atomic E-state index is 12.2. The van der Waals surface area contributed by atoms with Crippen LogP contribution in [0.5, 0.6) is 17.2 Å². The summed E-state index contributed by atoms with van der Waals surface area (Å²) in [4.78, 5) is 13.9. The van der Waals surface area contributed by atoms with Crippen LogP contribution in [0.4, 0.5) is 4.79 Å². The van der Waals surface area contributed by atoms with Gasteiger partial charge in [-0.05, 0) is 68.4 Å². The first-order valence-corrected chi connectivity index (χ1v) is 12.4. The van der Waals surface area contributed by atoms with E-state index in [1.165, 1.54) is 0 Å². The van der Waals surface area contributed by atoms with Gasteiger partial charge in [0.15, 0.2) is 0 Å². The SMILES string of the molecule is CCCCC(CCN(CCc1ccc(OC(C)(C)CO)cc1)C(N)=O)c1ccc(OC)cc1OC. The molecular formula is C28H42N2O5. The number of unbranched alkanes of at least 4 members (excludes halogenated alkanes) is 1. The number of carbonyl (C=O) groups excluding carboxylic acids is 1. The smallest absolute Gasteiger partial charge is 0.314 e. The van der Waals surface area contributed by atoms with Crippen LogP contribution in [0.25, 0.3) is 0 Å². The summed E-state index contributed by atoms with van der Waals surface area (Å²) in [6, 6.07) is 13.3. The van der Waals surface area contributed by atoms with E-state index in [1.807, 2.05) is 50.2 Å². The van der Waals surface area contributed by atoms with Crippen LogP contribution in [0.1, 0.15) is 63.5 Å². The Balaban J connectivity index is 2.04. The highest BCUT2D eigenvalue weighted by Crippen LogP contribution is 2.35. The lowest BCUT2D eigenvalue weighted by Crippen LogP contribution is -2.38. The lowest BCUT2D eigenvalue weighted by molar-refractivity contribution is 0.0412. The minimum Gasteiger partial charge on any atom is -0.497 e. The first kappa shape index (κ1) is 28.3.